The molecule has 0 saturated heterocycles. The van der Waals surface area contributed by atoms with Crippen LogP contribution in [0.4, 0.5) is 0 Å². The first-order chi connectivity index (χ1) is 10.0. The fourth-order valence-electron chi connectivity index (χ4n) is 3.32. The number of ether oxygens (including phenoxy) is 4. The van der Waals surface area contributed by atoms with Gasteiger partial charge >= 0.3 is 0 Å². The molecule has 0 fully saturated rings. The Balaban J connectivity index is 2.09. The topological polar surface area (TPSA) is 36.9 Å². The van der Waals surface area contributed by atoms with Crippen molar-refractivity contribution in [2.75, 3.05) is 6.61 Å². The average Bonchev–Trinajstić information content (AvgIpc) is 2.45. The van der Waals surface area contributed by atoms with Crippen molar-refractivity contribution in [2.45, 2.75) is 66.1 Å². The van der Waals surface area contributed by atoms with Crippen molar-refractivity contribution in [2.24, 2.45) is 0 Å². The van der Waals surface area contributed by atoms with E-state index < -0.39 is 0 Å². The van der Waals surface area contributed by atoms with E-state index in [9.17, 15) is 0 Å². The Kier molecular flexibility index (Phi) is 3.84. The van der Waals surface area contributed by atoms with Gasteiger partial charge in [0, 0.05) is 24.2 Å². The van der Waals surface area contributed by atoms with Gasteiger partial charge in [-0.05, 0) is 52.2 Å². The molecule has 0 aromatic heterocycles. The Bertz CT molecular complexity index is 552. The summed E-state index contributed by atoms with van der Waals surface area (Å²) >= 11 is 0. The number of rotatable bonds is 2. The summed E-state index contributed by atoms with van der Waals surface area (Å²) in [6.07, 6.45) is 1.50. The zero-order valence-corrected chi connectivity index (χ0v) is 13.5. The lowest BCUT2D eigenvalue weighted by atomic mass is 9.89. The minimum Gasteiger partial charge on any atom is -0.465 e. The molecule has 0 saturated carbocycles. The van der Waals surface area contributed by atoms with Crippen molar-refractivity contribution >= 4 is 0 Å². The lowest BCUT2D eigenvalue weighted by Gasteiger charge is -2.36. The summed E-state index contributed by atoms with van der Waals surface area (Å²) in [5.74, 6) is 1.94. The molecule has 3 atom stereocenters. The molecule has 1 aromatic rings. The highest BCUT2D eigenvalue weighted by atomic mass is 16.7. The molecule has 4 nitrogen and oxygen atoms in total. The normalized spacial score (nSPS) is 27.4. The molecule has 2 heterocycles. The van der Waals surface area contributed by atoms with Crippen molar-refractivity contribution in [1.82, 2.24) is 0 Å². The lowest BCUT2D eigenvalue weighted by molar-refractivity contribution is -0.125. The Hall–Kier alpha value is -1.26. The second-order valence-corrected chi connectivity index (χ2v) is 5.81. The molecule has 0 N–H and O–H groups in total. The summed E-state index contributed by atoms with van der Waals surface area (Å²) in [5.41, 5.74) is 4.67. The molecule has 4 heteroatoms. The number of hydrogen-bond acceptors (Lipinski definition) is 4. The van der Waals surface area contributed by atoms with Crippen LogP contribution < -0.4 is 9.47 Å². The minimum absolute atomic E-state index is 0.0315. The van der Waals surface area contributed by atoms with Crippen LogP contribution >= 0.6 is 0 Å². The maximum Gasteiger partial charge on any atom is 0.200 e. The fourth-order valence-corrected chi connectivity index (χ4v) is 3.32. The third kappa shape index (κ3) is 2.40. The zero-order valence-electron chi connectivity index (χ0n) is 13.5. The van der Waals surface area contributed by atoms with Crippen molar-refractivity contribution in [3.05, 3.63) is 22.3 Å². The Morgan fingerprint density at radius 2 is 1.81 bits per heavy atom. The smallest absolute Gasteiger partial charge is 0.200 e. The minimum atomic E-state index is -0.204. The van der Waals surface area contributed by atoms with Crippen molar-refractivity contribution in [3.63, 3.8) is 0 Å². The third-order valence-electron chi connectivity index (χ3n) is 4.41. The van der Waals surface area contributed by atoms with Gasteiger partial charge in [0.25, 0.3) is 0 Å². The lowest BCUT2D eigenvalue weighted by Crippen LogP contribution is -2.31. The van der Waals surface area contributed by atoms with Gasteiger partial charge in [-0.3, -0.25) is 0 Å². The first-order valence-electron chi connectivity index (χ1n) is 7.79. The highest BCUT2D eigenvalue weighted by molar-refractivity contribution is 5.60. The maximum absolute atomic E-state index is 6.09. The monoisotopic (exact) mass is 292 g/mol. The van der Waals surface area contributed by atoms with Gasteiger partial charge in [0.05, 0.1) is 6.10 Å². The molecule has 0 radical (unpaired) electrons. The summed E-state index contributed by atoms with van der Waals surface area (Å²) < 4.78 is 23.5. The molecular weight excluding hydrogens is 268 g/mol. The van der Waals surface area contributed by atoms with Gasteiger partial charge in [-0.15, -0.1) is 0 Å². The van der Waals surface area contributed by atoms with E-state index in [2.05, 4.69) is 20.8 Å². The molecular formula is C17H24O4. The predicted molar refractivity (Wildman–Crippen MR) is 79.9 cm³/mol. The van der Waals surface area contributed by atoms with Crippen molar-refractivity contribution in [1.29, 1.82) is 0 Å². The van der Waals surface area contributed by atoms with Crippen molar-refractivity contribution in [3.8, 4) is 11.5 Å². The van der Waals surface area contributed by atoms with E-state index in [0.717, 1.165) is 41.0 Å². The first-order valence-corrected chi connectivity index (χ1v) is 7.79. The Morgan fingerprint density at radius 3 is 2.52 bits per heavy atom. The van der Waals surface area contributed by atoms with Crippen LogP contribution in [0.15, 0.2) is 0 Å². The highest BCUT2D eigenvalue weighted by Crippen LogP contribution is 2.47. The SMILES string of the molecule is CCOC1CCc2c(c(C)c(C)c3c2C(C)OC(C)O3)O1. The molecule has 21 heavy (non-hydrogen) atoms. The molecule has 3 unspecified atom stereocenters. The second kappa shape index (κ2) is 5.50. The molecule has 1 aromatic carbocycles. The van der Waals surface area contributed by atoms with Gasteiger partial charge < -0.3 is 18.9 Å². The van der Waals surface area contributed by atoms with Crippen LogP contribution in [0.25, 0.3) is 0 Å². The van der Waals surface area contributed by atoms with Gasteiger partial charge in [-0.25, -0.2) is 0 Å². The van der Waals surface area contributed by atoms with E-state index in [-0.39, 0.29) is 18.7 Å². The first kappa shape index (κ1) is 14.7. The number of hydrogen-bond donors (Lipinski definition) is 0. The molecule has 0 bridgehead atoms. The van der Waals surface area contributed by atoms with E-state index >= 15 is 0 Å². The van der Waals surface area contributed by atoms with Gasteiger partial charge in [0.15, 0.2) is 12.6 Å². The van der Waals surface area contributed by atoms with E-state index in [1.54, 1.807) is 0 Å². The van der Waals surface area contributed by atoms with Crippen LogP contribution in [0, 0.1) is 13.8 Å². The maximum atomic E-state index is 6.09. The number of benzene rings is 1. The largest absolute Gasteiger partial charge is 0.465 e. The second-order valence-electron chi connectivity index (χ2n) is 5.81. The summed E-state index contributed by atoms with van der Waals surface area (Å²) in [6.45, 7) is 10.9. The van der Waals surface area contributed by atoms with E-state index in [1.807, 2.05) is 13.8 Å². The highest BCUT2D eigenvalue weighted by Gasteiger charge is 2.34. The fraction of sp³-hybridized carbons (Fsp3) is 0.647. The zero-order chi connectivity index (χ0) is 15.1. The van der Waals surface area contributed by atoms with Gasteiger partial charge in [0.2, 0.25) is 0 Å². The van der Waals surface area contributed by atoms with Crippen LogP contribution in [0.3, 0.4) is 0 Å². The van der Waals surface area contributed by atoms with Gasteiger partial charge in [0.1, 0.15) is 11.5 Å². The van der Waals surface area contributed by atoms with Crippen LogP contribution in [0.5, 0.6) is 11.5 Å². The van der Waals surface area contributed by atoms with Crippen LogP contribution in [0.2, 0.25) is 0 Å². The summed E-state index contributed by atoms with van der Waals surface area (Å²) in [7, 11) is 0. The quantitative estimate of drug-likeness (QED) is 0.830. The van der Waals surface area contributed by atoms with Crippen LogP contribution in [-0.2, 0) is 15.9 Å². The molecule has 3 rings (SSSR count). The molecule has 2 aliphatic heterocycles. The summed E-state index contributed by atoms with van der Waals surface area (Å²) in [4.78, 5) is 0. The Labute approximate surface area is 126 Å². The van der Waals surface area contributed by atoms with Crippen molar-refractivity contribution < 1.29 is 18.9 Å². The molecule has 116 valence electrons. The average molecular weight is 292 g/mol. The molecule has 0 amide bonds. The predicted octanol–water partition coefficient (Wildman–Crippen LogP) is 3.81. The molecule has 2 aliphatic rings. The van der Waals surface area contributed by atoms with Gasteiger partial charge in [-0.2, -0.15) is 0 Å². The van der Waals surface area contributed by atoms with Crippen LogP contribution in [-0.4, -0.2) is 19.2 Å². The van der Waals surface area contributed by atoms with E-state index in [4.69, 9.17) is 18.9 Å². The Morgan fingerprint density at radius 1 is 1.10 bits per heavy atom. The van der Waals surface area contributed by atoms with Gasteiger partial charge in [-0.1, -0.05) is 0 Å². The summed E-state index contributed by atoms with van der Waals surface area (Å²) in [5, 5.41) is 0. The van der Waals surface area contributed by atoms with E-state index in [0.29, 0.717) is 6.61 Å². The third-order valence-corrected chi connectivity index (χ3v) is 4.41. The number of fused-ring (bicyclic) bond motifs is 3. The van der Waals surface area contributed by atoms with E-state index in [1.165, 1.54) is 5.56 Å². The standard InChI is InChI=1S/C17H24O4/c1-6-18-14-8-7-13-15-11(4)19-12(5)20-17(15)10(3)9(2)16(13)21-14/h11-12,14H,6-8H2,1-5H3. The van der Waals surface area contributed by atoms with Crippen LogP contribution in [0.1, 0.15) is 55.5 Å². The summed E-state index contributed by atoms with van der Waals surface area (Å²) in [6, 6.07) is 0. The molecule has 0 spiro atoms. The molecule has 0 aliphatic carbocycles.